The fourth-order valence-corrected chi connectivity index (χ4v) is 2.36. The van der Waals surface area contributed by atoms with Crippen molar-refractivity contribution in [2.75, 3.05) is 6.54 Å². The molecule has 0 fully saturated rings. The first-order valence-electron chi connectivity index (χ1n) is 8.12. The molecule has 0 aliphatic heterocycles. The minimum Gasteiger partial charge on any atom is -0.467 e. The average molecular weight is 411 g/mol. The van der Waals surface area contributed by atoms with Gasteiger partial charge in [0.25, 0.3) is 5.91 Å². The van der Waals surface area contributed by atoms with Crippen LogP contribution in [0.5, 0.6) is 0 Å². The molecule has 0 aliphatic rings. The molecule has 2 aromatic heterocycles. The van der Waals surface area contributed by atoms with Crippen LogP contribution in [0.15, 0.2) is 47.1 Å². The number of aromatic nitrogens is 3. The number of alkyl halides is 3. The lowest BCUT2D eigenvalue weighted by molar-refractivity contribution is -0.143. The third-order valence-electron chi connectivity index (χ3n) is 3.67. The number of rotatable bonds is 6. The zero-order valence-corrected chi connectivity index (χ0v) is 14.5. The number of nitrogens with zero attached hydrogens (tertiary/aromatic N) is 3. The SMILES string of the molecule is O=C(CNC(=O)c1nnn(-c2ccc(F)cc2)c1C(F)(F)F)NCc1ccco1. The van der Waals surface area contributed by atoms with Gasteiger partial charge in [0.05, 0.1) is 25.0 Å². The third kappa shape index (κ3) is 4.78. The van der Waals surface area contributed by atoms with Gasteiger partial charge in [0.2, 0.25) is 5.91 Å². The average Bonchev–Trinajstić information content (AvgIpc) is 3.34. The summed E-state index contributed by atoms with van der Waals surface area (Å²) in [7, 11) is 0. The highest BCUT2D eigenvalue weighted by molar-refractivity contribution is 5.95. The first kappa shape index (κ1) is 20.0. The van der Waals surface area contributed by atoms with Crippen molar-refractivity contribution in [2.45, 2.75) is 12.7 Å². The molecular formula is C17H13F4N5O3. The van der Waals surface area contributed by atoms with Crippen molar-refractivity contribution < 1.29 is 31.6 Å². The Balaban J connectivity index is 1.73. The van der Waals surface area contributed by atoms with Crippen LogP contribution in [0.3, 0.4) is 0 Å². The topological polar surface area (TPSA) is 102 Å². The first-order valence-corrected chi connectivity index (χ1v) is 8.12. The van der Waals surface area contributed by atoms with Crippen molar-refractivity contribution in [3.8, 4) is 5.69 Å². The van der Waals surface area contributed by atoms with Crippen molar-refractivity contribution in [3.63, 3.8) is 0 Å². The Hall–Kier alpha value is -3.70. The summed E-state index contributed by atoms with van der Waals surface area (Å²) in [6.07, 6.45) is -3.57. The van der Waals surface area contributed by atoms with E-state index in [2.05, 4.69) is 20.9 Å². The number of hydrogen-bond acceptors (Lipinski definition) is 5. The maximum absolute atomic E-state index is 13.5. The molecule has 0 radical (unpaired) electrons. The second-order valence-corrected chi connectivity index (χ2v) is 5.71. The molecule has 0 unspecified atom stereocenters. The molecule has 0 bridgehead atoms. The van der Waals surface area contributed by atoms with E-state index in [1.807, 2.05) is 0 Å². The number of benzene rings is 1. The number of carbonyl (C=O) groups is 2. The lowest BCUT2D eigenvalue weighted by Gasteiger charge is -2.11. The molecule has 1 aromatic carbocycles. The Labute approximate surface area is 160 Å². The fourth-order valence-electron chi connectivity index (χ4n) is 2.36. The molecular weight excluding hydrogens is 398 g/mol. The summed E-state index contributed by atoms with van der Waals surface area (Å²) in [5.74, 6) is -2.07. The Morgan fingerprint density at radius 2 is 1.83 bits per heavy atom. The van der Waals surface area contributed by atoms with E-state index in [1.54, 1.807) is 12.1 Å². The van der Waals surface area contributed by atoms with Gasteiger partial charge in [-0.3, -0.25) is 9.59 Å². The molecule has 29 heavy (non-hydrogen) atoms. The van der Waals surface area contributed by atoms with Crippen LogP contribution < -0.4 is 10.6 Å². The quantitative estimate of drug-likeness (QED) is 0.605. The monoisotopic (exact) mass is 411 g/mol. The summed E-state index contributed by atoms with van der Waals surface area (Å²) in [5, 5.41) is 11.1. The van der Waals surface area contributed by atoms with Crippen LogP contribution in [0.2, 0.25) is 0 Å². The molecule has 0 atom stereocenters. The molecule has 0 saturated carbocycles. The summed E-state index contributed by atoms with van der Waals surface area (Å²) < 4.78 is 58.9. The van der Waals surface area contributed by atoms with Crippen molar-refractivity contribution in [1.82, 2.24) is 25.6 Å². The van der Waals surface area contributed by atoms with Crippen molar-refractivity contribution in [2.24, 2.45) is 0 Å². The number of carbonyl (C=O) groups excluding carboxylic acids is 2. The van der Waals surface area contributed by atoms with Crippen LogP contribution in [0.4, 0.5) is 17.6 Å². The smallest absolute Gasteiger partial charge is 0.435 e. The van der Waals surface area contributed by atoms with Crippen LogP contribution in [-0.2, 0) is 17.5 Å². The Morgan fingerprint density at radius 1 is 1.10 bits per heavy atom. The minimum atomic E-state index is -4.98. The normalized spacial score (nSPS) is 11.3. The number of amides is 2. The van der Waals surface area contributed by atoms with E-state index in [0.29, 0.717) is 10.4 Å². The van der Waals surface area contributed by atoms with E-state index < -0.39 is 41.7 Å². The van der Waals surface area contributed by atoms with E-state index in [1.165, 1.54) is 6.26 Å². The highest BCUT2D eigenvalue weighted by atomic mass is 19.4. The standard InChI is InChI=1S/C17H13F4N5O3/c18-10-3-5-11(6-4-10)26-15(17(19,20)21)14(24-25-26)16(28)23-9-13(27)22-8-12-2-1-7-29-12/h1-7H,8-9H2,(H,22,27)(H,23,28). The van der Waals surface area contributed by atoms with Gasteiger partial charge in [-0.2, -0.15) is 13.2 Å². The Morgan fingerprint density at radius 3 is 2.45 bits per heavy atom. The van der Waals surface area contributed by atoms with Gasteiger partial charge in [-0.1, -0.05) is 5.21 Å². The van der Waals surface area contributed by atoms with Gasteiger partial charge < -0.3 is 15.1 Å². The summed E-state index contributed by atoms with van der Waals surface area (Å²) in [6.45, 7) is -0.531. The lowest BCUT2D eigenvalue weighted by atomic mass is 10.2. The Bertz CT molecular complexity index is 997. The predicted octanol–water partition coefficient (Wildman–Crippen LogP) is 2.06. The maximum Gasteiger partial charge on any atom is 0.435 e. The molecule has 0 saturated heterocycles. The largest absolute Gasteiger partial charge is 0.467 e. The second-order valence-electron chi connectivity index (χ2n) is 5.71. The molecule has 2 amide bonds. The zero-order chi connectivity index (χ0) is 21.0. The number of furan rings is 1. The summed E-state index contributed by atoms with van der Waals surface area (Å²) in [5.41, 5.74) is -2.60. The van der Waals surface area contributed by atoms with Gasteiger partial charge in [-0.05, 0) is 36.4 Å². The van der Waals surface area contributed by atoms with Crippen molar-refractivity contribution in [3.05, 3.63) is 65.6 Å². The van der Waals surface area contributed by atoms with Gasteiger partial charge in [0.1, 0.15) is 11.6 Å². The zero-order valence-electron chi connectivity index (χ0n) is 14.5. The van der Waals surface area contributed by atoms with Gasteiger partial charge in [0.15, 0.2) is 11.4 Å². The molecule has 8 nitrogen and oxygen atoms in total. The minimum absolute atomic E-state index is 0.0518. The van der Waals surface area contributed by atoms with Gasteiger partial charge in [-0.25, -0.2) is 9.07 Å². The molecule has 3 aromatic rings. The molecule has 12 heteroatoms. The van der Waals surface area contributed by atoms with Crippen LogP contribution in [-0.4, -0.2) is 33.4 Å². The van der Waals surface area contributed by atoms with Crippen LogP contribution in [0, 0.1) is 5.82 Å². The molecule has 3 rings (SSSR count). The highest BCUT2D eigenvalue weighted by Gasteiger charge is 2.42. The summed E-state index contributed by atoms with van der Waals surface area (Å²) in [6, 6.07) is 7.24. The van der Waals surface area contributed by atoms with Gasteiger partial charge in [-0.15, -0.1) is 5.10 Å². The van der Waals surface area contributed by atoms with Crippen LogP contribution >= 0.6 is 0 Å². The highest BCUT2D eigenvalue weighted by Crippen LogP contribution is 2.32. The van der Waals surface area contributed by atoms with E-state index in [4.69, 9.17) is 4.42 Å². The van der Waals surface area contributed by atoms with Gasteiger partial charge >= 0.3 is 6.18 Å². The predicted molar refractivity (Wildman–Crippen MR) is 89.2 cm³/mol. The number of nitrogens with one attached hydrogen (secondary N) is 2. The second kappa shape index (κ2) is 8.12. The lowest BCUT2D eigenvalue weighted by Crippen LogP contribution is -2.37. The first-order chi connectivity index (χ1) is 13.8. The molecule has 152 valence electrons. The van der Waals surface area contributed by atoms with Crippen LogP contribution in [0.25, 0.3) is 5.69 Å². The third-order valence-corrected chi connectivity index (χ3v) is 3.67. The molecule has 2 N–H and O–H groups in total. The van der Waals surface area contributed by atoms with Crippen LogP contribution in [0.1, 0.15) is 21.9 Å². The molecule has 2 heterocycles. The van der Waals surface area contributed by atoms with Crippen molar-refractivity contribution in [1.29, 1.82) is 0 Å². The van der Waals surface area contributed by atoms with E-state index in [0.717, 1.165) is 24.3 Å². The Kier molecular flexibility index (Phi) is 5.61. The summed E-state index contributed by atoms with van der Waals surface area (Å²) >= 11 is 0. The number of hydrogen-bond donors (Lipinski definition) is 2. The fraction of sp³-hybridized carbons (Fsp3) is 0.176. The van der Waals surface area contributed by atoms with Gasteiger partial charge in [0, 0.05) is 0 Å². The van der Waals surface area contributed by atoms with E-state index >= 15 is 0 Å². The maximum atomic E-state index is 13.5. The number of halogens is 4. The van der Waals surface area contributed by atoms with E-state index in [-0.39, 0.29) is 12.2 Å². The summed E-state index contributed by atoms with van der Waals surface area (Å²) in [4.78, 5) is 23.9. The van der Waals surface area contributed by atoms with Crippen molar-refractivity contribution >= 4 is 11.8 Å². The van der Waals surface area contributed by atoms with E-state index in [9.17, 15) is 27.2 Å². The molecule has 0 aliphatic carbocycles. The molecule has 0 spiro atoms.